The van der Waals surface area contributed by atoms with Gasteiger partial charge in [-0.3, -0.25) is 0 Å². The van der Waals surface area contributed by atoms with Crippen molar-refractivity contribution in [1.82, 2.24) is 15.1 Å². The van der Waals surface area contributed by atoms with Gasteiger partial charge in [0.15, 0.2) is 0 Å². The van der Waals surface area contributed by atoms with Crippen LogP contribution in [0.1, 0.15) is 56.3 Å². The van der Waals surface area contributed by atoms with Crippen molar-refractivity contribution in [2.45, 2.75) is 45.1 Å². The van der Waals surface area contributed by atoms with E-state index in [1.165, 1.54) is 18.5 Å². The van der Waals surface area contributed by atoms with Gasteiger partial charge in [-0.2, -0.15) is 5.10 Å². The first-order valence-corrected chi connectivity index (χ1v) is 8.15. The minimum Gasteiger partial charge on any atom is -0.310 e. The van der Waals surface area contributed by atoms with Crippen LogP contribution in [0.5, 0.6) is 0 Å². The van der Waals surface area contributed by atoms with Crippen molar-refractivity contribution in [2.75, 3.05) is 6.54 Å². The quantitative estimate of drug-likeness (QED) is 0.853. The summed E-state index contributed by atoms with van der Waals surface area (Å²) in [5.41, 5.74) is 3.37. The number of aromatic nitrogens is 2. The molecule has 1 unspecified atom stereocenters. The second kappa shape index (κ2) is 6.20. The molecule has 112 valence electrons. The first-order valence-electron chi connectivity index (χ1n) is 7.77. The van der Waals surface area contributed by atoms with Gasteiger partial charge in [0.05, 0.1) is 11.4 Å². The average molecular weight is 304 g/mol. The Kier molecular flexibility index (Phi) is 4.32. The van der Waals surface area contributed by atoms with E-state index in [9.17, 15) is 0 Å². The molecule has 3 rings (SSSR count). The van der Waals surface area contributed by atoms with Gasteiger partial charge in [-0.05, 0) is 56.5 Å². The molecule has 2 aromatic rings. The maximum Gasteiger partial charge on any atom is 0.0660 e. The van der Waals surface area contributed by atoms with Gasteiger partial charge in [-0.25, -0.2) is 4.68 Å². The molecule has 1 aromatic carbocycles. The number of halogens is 1. The first-order chi connectivity index (χ1) is 10.2. The van der Waals surface area contributed by atoms with E-state index in [2.05, 4.69) is 42.5 Å². The van der Waals surface area contributed by atoms with Crippen molar-refractivity contribution in [3.05, 3.63) is 46.7 Å². The molecule has 0 amide bonds. The Hall–Kier alpha value is -1.32. The Morgan fingerprint density at radius 3 is 2.86 bits per heavy atom. The third-order valence-electron chi connectivity index (χ3n) is 4.02. The summed E-state index contributed by atoms with van der Waals surface area (Å²) in [4.78, 5) is 0. The van der Waals surface area contributed by atoms with E-state index in [-0.39, 0.29) is 6.04 Å². The molecule has 1 aliphatic carbocycles. The number of nitrogens with one attached hydrogen (secondary N) is 1. The molecule has 1 heterocycles. The van der Waals surface area contributed by atoms with Crippen LogP contribution in [0, 0.1) is 0 Å². The lowest BCUT2D eigenvalue weighted by atomic mass is 10.1. The molecule has 0 saturated heterocycles. The zero-order valence-electron chi connectivity index (χ0n) is 12.6. The van der Waals surface area contributed by atoms with Gasteiger partial charge in [-0.1, -0.05) is 24.6 Å². The summed E-state index contributed by atoms with van der Waals surface area (Å²) in [7, 11) is 0. The van der Waals surface area contributed by atoms with Gasteiger partial charge in [-0.15, -0.1) is 0 Å². The molecule has 1 atom stereocenters. The Balaban J connectivity index is 1.79. The molecule has 1 N–H and O–H groups in total. The smallest absolute Gasteiger partial charge is 0.0660 e. The molecule has 0 aliphatic heterocycles. The van der Waals surface area contributed by atoms with Crippen LogP contribution in [0.15, 0.2) is 30.5 Å². The molecule has 1 fully saturated rings. The summed E-state index contributed by atoms with van der Waals surface area (Å²) in [6.45, 7) is 5.32. The topological polar surface area (TPSA) is 29.9 Å². The van der Waals surface area contributed by atoms with Gasteiger partial charge in [0.25, 0.3) is 0 Å². The predicted molar refractivity (Wildman–Crippen MR) is 87.3 cm³/mol. The lowest BCUT2D eigenvalue weighted by molar-refractivity contribution is 0.571. The van der Waals surface area contributed by atoms with Crippen LogP contribution in [0.25, 0.3) is 5.69 Å². The fourth-order valence-electron chi connectivity index (χ4n) is 2.56. The maximum atomic E-state index is 6.45. The SMILES string of the molecule is CCCNC(C)c1ccc(-n2ccc(C3CC3)n2)cc1Cl. The number of nitrogens with zero attached hydrogens (tertiary/aromatic N) is 2. The van der Waals surface area contributed by atoms with Crippen LogP contribution in [0.4, 0.5) is 0 Å². The Morgan fingerprint density at radius 2 is 2.19 bits per heavy atom. The number of hydrogen-bond acceptors (Lipinski definition) is 2. The molecule has 3 nitrogen and oxygen atoms in total. The first kappa shape index (κ1) is 14.6. The lowest BCUT2D eigenvalue weighted by Gasteiger charge is -2.16. The highest BCUT2D eigenvalue weighted by molar-refractivity contribution is 6.31. The molecule has 1 aromatic heterocycles. The van der Waals surface area contributed by atoms with E-state index in [0.717, 1.165) is 29.2 Å². The van der Waals surface area contributed by atoms with E-state index in [0.29, 0.717) is 5.92 Å². The molecule has 1 saturated carbocycles. The minimum absolute atomic E-state index is 0.270. The number of benzene rings is 1. The molecule has 4 heteroatoms. The van der Waals surface area contributed by atoms with Crippen LogP contribution < -0.4 is 5.32 Å². The summed E-state index contributed by atoms with van der Waals surface area (Å²) in [5.74, 6) is 0.680. The van der Waals surface area contributed by atoms with Crippen LogP contribution in [-0.2, 0) is 0 Å². The lowest BCUT2D eigenvalue weighted by Crippen LogP contribution is -2.19. The summed E-state index contributed by atoms with van der Waals surface area (Å²) < 4.78 is 1.92. The highest BCUT2D eigenvalue weighted by atomic mass is 35.5. The Labute approximate surface area is 131 Å². The molecule has 0 radical (unpaired) electrons. The largest absolute Gasteiger partial charge is 0.310 e. The van der Waals surface area contributed by atoms with Crippen molar-refractivity contribution in [3.63, 3.8) is 0 Å². The monoisotopic (exact) mass is 303 g/mol. The van der Waals surface area contributed by atoms with Crippen LogP contribution >= 0.6 is 11.6 Å². The van der Waals surface area contributed by atoms with Crippen molar-refractivity contribution >= 4 is 11.6 Å². The molecule has 0 bridgehead atoms. The third kappa shape index (κ3) is 3.30. The minimum atomic E-state index is 0.270. The van der Waals surface area contributed by atoms with Crippen molar-refractivity contribution in [1.29, 1.82) is 0 Å². The Morgan fingerprint density at radius 1 is 1.38 bits per heavy atom. The second-order valence-electron chi connectivity index (χ2n) is 5.84. The average Bonchev–Trinajstić information content (AvgIpc) is 3.22. The van der Waals surface area contributed by atoms with Crippen molar-refractivity contribution in [2.24, 2.45) is 0 Å². The van der Waals surface area contributed by atoms with E-state index >= 15 is 0 Å². The van der Waals surface area contributed by atoms with E-state index in [1.54, 1.807) is 0 Å². The van der Waals surface area contributed by atoms with Crippen molar-refractivity contribution in [3.8, 4) is 5.69 Å². The summed E-state index contributed by atoms with van der Waals surface area (Å²) >= 11 is 6.45. The second-order valence-corrected chi connectivity index (χ2v) is 6.25. The van der Waals surface area contributed by atoms with Gasteiger partial charge < -0.3 is 5.32 Å². The van der Waals surface area contributed by atoms with E-state index in [4.69, 9.17) is 11.6 Å². The van der Waals surface area contributed by atoms with Crippen molar-refractivity contribution < 1.29 is 0 Å². The zero-order valence-corrected chi connectivity index (χ0v) is 13.4. The highest BCUT2D eigenvalue weighted by Gasteiger charge is 2.25. The number of hydrogen-bond donors (Lipinski definition) is 1. The maximum absolute atomic E-state index is 6.45. The Bertz CT molecular complexity index is 616. The van der Waals surface area contributed by atoms with Crippen LogP contribution in [-0.4, -0.2) is 16.3 Å². The van der Waals surface area contributed by atoms with Gasteiger partial charge in [0, 0.05) is 23.2 Å². The normalized spacial score (nSPS) is 16.1. The molecule has 1 aliphatic rings. The highest BCUT2D eigenvalue weighted by Crippen LogP contribution is 2.39. The molecule has 0 spiro atoms. The third-order valence-corrected chi connectivity index (χ3v) is 4.35. The molecular weight excluding hydrogens is 282 g/mol. The summed E-state index contributed by atoms with van der Waals surface area (Å²) in [5, 5.41) is 8.92. The van der Waals surface area contributed by atoms with E-state index < -0.39 is 0 Å². The fraction of sp³-hybridized carbons (Fsp3) is 0.471. The van der Waals surface area contributed by atoms with Gasteiger partial charge in [0.1, 0.15) is 0 Å². The van der Waals surface area contributed by atoms with Gasteiger partial charge >= 0.3 is 0 Å². The molecule has 21 heavy (non-hydrogen) atoms. The zero-order chi connectivity index (χ0) is 14.8. The van der Waals surface area contributed by atoms with Crippen LogP contribution in [0.2, 0.25) is 5.02 Å². The standard InChI is InChI=1S/C17H22ClN3/c1-3-9-19-12(2)15-7-6-14(11-16(15)18)21-10-8-17(20-21)13-4-5-13/h6-8,10-13,19H,3-5,9H2,1-2H3. The van der Waals surface area contributed by atoms with Crippen LogP contribution in [0.3, 0.4) is 0 Å². The molecular formula is C17H22ClN3. The predicted octanol–water partition coefficient (Wildman–Crippen LogP) is 4.46. The van der Waals surface area contributed by atoms with Gasteiger partial charge in [0.2, 0.25) is 0 Å². The van der Waals surface area contributed by atoms with E-state index in [1.807, 2.05) is 16.9 Å². The number of rotatable bonds is 6. The fourth-order valence-corrected chi connectivity index (χ4v) is 2.90. The summed E-state index contributed by atoms with van der Waals surface area (Å²) in [6, 6.07) is 8.58. The summed E-state index contributed by atoms with van der Waals surface area (Å²) in [6.07, 6.45) is 5.70.